The molecule has 3 N–H and O–H groups in total. The average Bonchev–Trinajstić information content (AvgIpc) is 3.48. The molecule has 0 spiro atoms. The van der Waals surface area contributed by atoms with Crippen LogP contribution in [-0.2, 0) is 24.3 Å². The molecule has 0 saturated carbocycles. The van der Waals surface area contributed by atoms with Crippen molar-refractivity contribution < 1.29 is 19.1 Å². The minimum absolute atomic E-state index is 0.0737. The first-order chi connectivity index (χ1) is 17.8. The van der Waals surface area contributed by atoms with E-state index in [-0.39, 0.29) is 30.4 Å². The van der Waals surface area contributed by atoms with Crippen LogP contribution in [0.5, 0.6) is 5.75 Å². The number of nitrogens with two attached hydrogens (primary N) is 1. The molecule has 0 unspecified atom stereocenters. The third kappa shape index (κ3) is 6.03. The van der Waals surface area contributed by atoms with Gasteiger partial charge in [0, 0.05) is 39.5 Å². The average molecular weight is 545 g/mol. The normalized spacial score (nSPS) is 11.3. The van der Waals surface area contributed by atoms with Crippen molar-refractivity contribution in [2.45, 2.75) is 39.8 Å². The highest BCUT2D eigenvalue weighted by Gasteiger charge is 2.28. The number of nitrogens with zero attached hydrogens (tertiary/aromatic N) is 4. The van der Waals surface area contributed by atoms with E-state index < -0.39 is 11.9 Å². The number of nitrogens with one attached hydrogen (secondary N) is 1. The van der Waals surface area contributed by atoms with Gasteiger partial charge >= 0.3 is 5.97 Å². The van der Waals surface area contributed by atoms with Crippen molar-refractivity contribution in [1.29, 1.82) is 0 Å². The largest absolute Gasteiger partial charge is 0.489 e. The fourth-order valence-electron chi connectivity index (χ4n) is 3.94. The number of benzene rings is 2. The standard InChI is InChI=1S/C25H26Cl2N6O4/c1-14(2)12-37-25(35)23-22(24(28)34)16-11-15(36-13-17-18(26)5-3-6-19(17)27)8-9-20(16)33(23)10-4-7-21-29-31-32-30-21/h3,5-6,8-9,11,14H,4,7,10,12-13H2,1-2H3,(H2,28,34)(H,29,30,31,32). The fourth-order valence-corrected chi connectivity index (χ4v) is 4.44. The van der Waals surface area contributed by atoms with Crippen molar-refractivity contribution in [1.82, 2.24) is 25.2 Å². The van der Waals surface area contributed by atoms with Crippen LogP contribution >= 0.6 is 23.2 Å². The first-order valence-corrected chi connectivity index (χ1v) is 12.4. The molecule has 37 heavy (non-hydrogen) atoms. The Labute approximate surface area is 223 Å². The van der Waals surface area contributed by atoms with E-state index in [9.17, 15) is 9.59 Å². The molecule has 2 heterocycles. The predicted octanol–water partition coefficient (Wildman–Crippen LogP) is 4.58. The van der Waals surface area contributed by atoms with Gasteiger partial charge in [-0.1, -0.05) is 48.3 Å². The van der Waals surface area contributed by atoms with Gasteiger partial charge in [-0.25, -0.2) is 4.79 Å². The van der Waals surface area contributed by atoms with Crippen molar-refractivity contribution in [3.05, 3.63) is 69.1 Å². The molecule has 0 fully saturated rings. The zero-order valence-corrected chi connectivity index (χ0v) is 21.8. The van der Waals surface area contributed by atoms with E-state index in [1.54, 1.807) is 41.0 Å². The van der Waals surface area contributed by atoms with Crippen molar-refractivity contribution in [3.63, 3.8) is 0 Å². The second kappa shape index (κ2) is 11.6. The predicted molar refractivity (Wildman–Crippen MR) is 139 cm³/mol. The van der Waals surface area contributed by atoms with Crippen LogP contribution in [0.25, 0.3) is 10.9 Å². The van der Waals surface area contributed by atoms with Crippen molar-refractivity contribution in [3.8, 4) is 5.75 Å². The molecule has 2 aromatic carbocycles. The van der Waals surface area contributed by atoms with Gasteiger partial charge in [0.2, 0.25) is 0 Å². The molecule has 0 radical (unpaired) electrons. The van der Waals surface area contributed by atoms with Crippen LogP contribution in [0.3, 0.4) is 0 Å². The first kappa shape index (κ1) is 26.4. The molecule has 1 amide bonds. The quantitative estimate of drug-likeness (QED) is 0.263. The van der Waals surface area contributed by atoms with Crippen LogP contribution in [0, 0.1) is 5.92 Å². The van der Waals surface area contributed by atoms with Gasteiger partial charge in [0.25, 0.3) is 5.91 Å². The summed E-state index contributed by atoms with van der Waals surface area (Å²) in [6.45, 7) is 4.56. The number of carbonyl (C=O) groups excluding carboxylic acids is 2. The van der Waals surface area contributed by atoms with Gasteiger partial charge in [0.1, 0.15) is 18.1 Å². The number of esters is 1. The number of H-pyrrole nitrogens is 1. The maximum Gasteiger partial charge on any atom is 0.355 e. The van der Waals surface area contributed by atoms with Gasteiger partial charge in [0.15, 0.2) is 5.82 Å². The lowest BCUT2D eigenvalue weighted by Gasteiger charge is -2.12. The van der Waals surface area contributed by atoms with E-state index in [0.29, 0.717) is 57.5 Å². The highest BCUT2D eigenvalue weighted by molar-refractivity contribution is 6.35. The minimum atomic E-state index is -0.746. The number of tetrazole rings is 1. The number of primary amides is 1. The first-order valence-electron chi connectivity index (χ1n) is 11.7. The number of aromatic amines is 1. The molecular weight excluding hydrogens is 519 g/mol. The maximum absolute atomic E-state index is 13.2. The van der Waals surface area contributed by atoms with E-state index >= 15 is 0 Å². The topological polar surface area (TPSA) is 138 Å². The lowest BCUT2D eigenvalue weighted by molar-refractivity contribution is 0.0444. The zero-order valence-electron chi connectivity index (χ0n) is 20.3. The number of fused-ring (bicyclic) bond motifs is 1. The Morgan fingerprint density at radius 3 is 2.57 bits per heavy atom. The van der Waals surface area contributed by atoms with Crippen LogP contribution in [0.15, 0.2) is 36.4 Å². The molecule has 4 aromatic rings. The number of halogens is 2. The third-order valence-corrected chi connectivity index (χ3v) is 6.35. The number of aromatic nitrogens is 5. The molecule has 0 atom stereocenters. The SMILES string of the molecule is CC(C)COC(=O)c1c(C(N)=O)c2cc(OCc3c(Cl)cccc3Cl)ccc2n1CCCc1nn[nH]n1. The number of aryl methyl sites for hydroxylation is 2. The van der Waals surface area contributed by atoms with Crippen LogP contribution in [0.2, 0.25) is 10.0 Å². The molecule has 2 aromatic heterocycles. The molecule has 10 nitrogen and oxygen atoms in total. The van der Waals surface area contributed by atoms with E-state index in [1.807, 2.05) is 13.8 Å². The monoisotopic (exact) mass is 544 g/mol. The van der Waals surface area contributed by atoms with E-state index in [0.717, 1.165) is 0 Å². The summed E-state index contributed by atoms with van der Waals surface area (Å²) in [7, 11) is 0. The molecule has 4 rings (SSSR count). The van der Waals surface area contributed by atoms with Gasteiger partial charge in [-0.3, -0.25) is 4.79 Å². The summed E-state index contributed by atoms with van der Waals surface area (Å²) in [5.74, 6) is -0.247. The Bertz CT molecular complexity index is 1400. The molecule has 0 aliphatic carbocycles. The van der Waals surface area contributed by atoms with Crippen LogP contribution < -0.4 is 10.5 Å². The van der Waals surface area contributed by atoms with Crippen LogP contribution in [0.4, 0.5) is 0 Å². The van der Waals surface area contributed by atoms with Gasteiger partial charge in [-0.2, -0.15) is 5.21 Å². The molecular formula is C25H26Cl2N6O4. The number of hydrogen-bond acceptors (Lipinski definition) is 7. The highest BCUT2D eigenvalue weighted by atomic mass is 35.5. The fraction of sp³-hybridized carbons (Fsp3) is 0.320. The number of rotatable bonds is 11. The molecule has 0 aliphatic heterocycles. The van der Waals surface area contributed by atoms with Crippen LogP contribution in [-0.4, -0.2) is 43.7 Å². The van der Waals surface area contributed by atoms with Gasteiger partial charge in [-0.15, -0.1) is 10.2 Å². The molecule has 0 bridgehead atoms. The molecule has 194 valence electrons. The Balaban J connectivity index is 1.71. The van der Waals surface area contributed by atoms with Gasteiger partial charge in [0.05, 0.1) is 12.2 Å². The Morgan fingerprint density at radius 1 is 1.16 bits per heavy atom. The summed E-state index contributed by atoms with van der Waals surface area (Å²) in [4.78, 5) is 25.8. The van der Waals surface area contributed by atoms with Crippen molar-refractivity contribution >= 4 is 46.0 Å². The second-order valence-corrected chi connectivity index (χ2v) is 9.65. The molecule has 0 saturated heterocycles. The van der Waals surface area contributed by atoms with Crippen molar-refractivity contribution in [2.24, 2.45) is 11.7 Å². The molecule has 12 heteroatoms. The zero-order chi connectivity index (χ0) is 26.5. The highest BCUT2D eigenvalue weighted by Crippen LogP contribution is 2.32. The smallest absolute Gasteiger partial charge is 0.355 e. The summed E-state index contributed by atoms with van der Waals surface area (Å²) in [5, 5.41) is 15.3. The molecule has 0 aliphatic rings. The lowest BCUT2D eigenvalue weighted by Crippen LogP contribution is -2.21. The summed E-state index contributed by atoms with van der Waals surface area (Å²) in [6.07, 6.45) is 1.09. The van der Waals surface area contributed by atoms with Gasteiger partial charge in [-0.05, 0) is 42.7 Å². The number of ether oxygens (including phenoxy) is 2. The van der Waals surface area contributed by atoms with E-state index in [1.165, 1.54) is 0 Å². The summed E-state index contributed by atoms with van der Waals surface area (Å²) in [5.41, 5.74) is 7.23. The minimum Gasteiger partial charge on any atom is -0.489 e. The maximum atomic E-state index is 13.2. The summed E-state index contributed by atoms with van der Waals surface area (Å²) >= 11 is 12.5. The Hall–Kier alpha value is -3.63. The summed E-state index contributed by atoms with van der Waals surface area (Å²) in [6, 6.07) is 10.4. The number of amides is 1. The van der Waals surface area contributed by atoms with Gasteiger partial charge < -0.3 is 19.8 Å². The summed E-state index contributed by atoms with van der Waals surface area (Å²) < 4.78 is 13.2. The second-order valence-electron chi connectivity index (χ2n) is 8.83. The van der Waals surface area contributed by atoms with Crippen molar-refractivity contribution in [2.75, 3.05) is 6.61 Å². The van der Waals surface area contributed by atoms with Crippen LogP contribution in [0.1, 0.15) is 52.5 Å². The number of carbonyl (C=O) groups is 2. The Kier molecular flexibility index (Phi) is 8.30. The number of hydrogen-bond donors (Lipinski definition) is 2. The Morgan fingerprint density at radius 2 is 1.92 bits per heavy atom. The lowest BCUT2D eigenvalue weighted by atomic mass is 10.1. The third-order valence-electron chi connectivity index (χ3n) is 5.64. The van der Waals surface area contributed by atoms with E-state index in [4.69, 9.17) is 38.4 Å². The van der Waals surface area contributed by atoms with E-state index in [2.05, 4.69) is 20.6 Å².